The molecular formula is C14H10BrNO4S. The van der Waals surface area contributed by atoms with Crippen molar-refractivity contribution in [1.82, 2.24) is 0 Å². The lowest BCUT2D eigenvalue weighted by Gasteiger charge is -2.07. The van der Waals surface area contributed by atoms with Gasteiger partial charge in [0.1, 0.15) is 0 Å². The summed E-state index contributed by atoms with van der Waals surface area (Å²) in [5.74, 6) is -0.989. The third-order valence-corrected chi connectivity index (χ3v) is 4.72. The summed E-state index contributed by atoms with van der Waals surface area (Å²) in [6.45, 7) is 1.67. The van der Waals surface area contributed by atoms with Crippen LogP contribution in [0.15, 0.2) is 50.7 Å². The number of carboxylic acid groups (broad SMARTS) is 1. The fourth-order valence-corrected chi connectivity index (χ4v) is 3.29. The molecule has 0 heterocycles. The Morgan fingerprint density at radius 2 is 2.05 bits per heavy atom. The maximum absolute atomic E-state index is 11.0. The summed E-state index contributed by atoms with van der Waals surface area (Å²) in [4.78, 5) is 22.9. The summed E-state index contributed by atoms with van der Waals surface area (Å²) < 4.78 is 0.602. The van der Waals surface area contributed by atoms with Crippen molar-refractivity contribution in [2.75, 3.05) is 0 Å². The Balaban J connectivity index is 2.36. The molecule has 0 saturated carbocycles. The first-order valence-corrected chi connectivity index (χ1v) is 7.45. The van der Waals surface area contributed by atoms with Gasteiger partial charge >= 0.3 is 5.97 Å². The molecular weight excluding hydrogens is 358 g/mol. The Morgan fingerprint density at radius 1 is 1.33 bits per heavy atom. The molecule has 0 aliphatic heterocycles. The van der Waals surface area contributed by atoms with E-state index < -0.39 is 10.9 Å². The van der Waals surface area contributed by atoms with Crippen LogP contribution in [-0.4, -0.2) is 16.0 Å². The van der Waals surface area contributed by atoms with Gasteiger partial charge in [-0.25, -0.2) is 4.79 Å². The summed E-state index contributed by atoms with van der Waals surface area (Å²) >= 11 is 4.66. The number of halogens is 1. The van der Waals surface area contributed by atoms with Gasteiger partial charge in [0, 0.05) is 25.9 Å². The van der Waals surface area contributed by atoms with Crippen molar-refractivity contribution in [3.63, 3.8) is 0 Å². The number of aryl methyl sites for hydroxylation is 1. The second-order valence-corrected chi connectivity index (χ2v) is 6.23. The third-order valence-electron chi connectivity index (χ3n) is 2.76. The summed E-state index contributed by atoms with van der Waals surface area (Å²) in [6.07, 6.45) is 0. The Hall–Kier alpha value is -1.86. The van der Waals surface area contributed by atoms with Gasteiger partial charge in [0.15, 0.2) is 0 Å². The van der Waals surface area contributed by atoms with E-state index in [1.54, 1.807) is 31.2 Å². The van der Waals surface area contributed by atoms with Crippen molar-refractivity contribution in [3.05, 3.63) is 62.1 Å². The highest BCUT2D eigenvalue weighted by Crippen LogP contribution is 2.37. The normalized spacial score (nSPS) is 10.4. The zero-order valence-corrected chi connectivity index (χ0v) is 13.3. The fraction of sp³-hybridized carbons (Fsp3) is 0.0714. The molecule has 0 amide bonds. The predicted molar refractivity (Wildman–Crippen MR) is 83.1 cm³/mol. The monoisotopic (exact) mass is 367 g/mol. The first kappa shape index (κ1) is 15.5. The quantitative estimate of drug-likeness (QED) is 0.634. The molecule has 0 aliphatic rings. The molecule has 7 heteroatoms. The summed E-state index contributed by atoms with van der Waals surface area (Å²) in [6, 6.07) is 9.70. The van der Waals surface area contributed by atoms with E-state index >= 15 is 0 Å². The van der Waals surface area contributed by atoms with E-state index in [1.807, 2.05) is 0 Å². The van der Waals surface area contributed by atoms with E-state index in [0.29, 0.717) is 10.0 Å². The molecule has 5 nitrogen and oxygen atoms in total. The van der Waals surface area contributed by atoms with Crippen molar-refractivity contribution in [2.45, 2.75) is 16.7 Å². The van der Waals surface area contributed by atoms with Gasteiger partial charge in [0.25, 0.3) is 5.69 Å². The molecule has 2 rings (SSSR count). The van der Waals surface area contributed by atoms with E-state index in [-0.39, 0.29) is 11.3 Å². The topological polar surface area (TPSA) is 80.4 Å². The molecule has 2 aromatic rings. The van der Waals surface area contributed by atoms with Crippen LogP contribution in [0.25, 0.3) is 0 Å². The van der Waals surface area contributed by atoms with Gasteiger partial charge < -0.3 is 5.11 Å². The molecule has 21 heavy (non-hydrogen) atoms. The lowest BCUT2D eigenvalue weighted by molar-refractivity contribution is -0.385. The Bertz CT molecular complexity index is 733. The SMILES string of the molecule is Cc1cc(Sc2cccc(C(=O)O)c2)c(Br)cc1[N+](=O)[O-]. The Kier molecular flexibility index (Phi) is 4.64. The minimum absolute atomic E-state index is 0.0468. The number of hydrogen-bond donors (Lipinski definition) is 1. The molecule has 0 aliphatic carbocycles. The zero-order valence-electron chi connectivity index (χ0n) is 10.9. The second-order valence-electron chi connectivity index (χ2n) is 4.26. The number of nitrogens with zero attached hydrogens (tertiary/aromatic N) is 1. The summed E-state index contributed by atoms with van der Waals surface area (Å²) in [7, 11) is 0. The minimum atomic E-state index is -0.989. The Morgan fingerprint density at radius 3 is 2.67 bits per heavy atom. The lowest BCUT2D eigenvalue weighted by atomic mass is 10.2. The van der Waals surface area contributed by atoms with Crippen LogP contribution in [0.5, 0.6) is 0 Å². The number of carboxylic acids is 1. The van der Waals surface area contributed by atoms with Crippen LogP contribution in [-0.2, 0) is 0 Å². The third kappa shape index (κ3) is 3.62. The molecule has 0 saturated heterocycles. The van der Waals surface area contributed by atoms with Crippen molar-refractivity contribution in [3.8, 4) is 0 Å². The molecule has 2 aromatic carbocycles. The summed E-state index contributed by atoms with van der Waals surface area (Å²) in [5.41, 5.74) is 0.806. The molecule has 0 fully saturated rings. The van der Waals surface area contributed by atoms with Crippen molar-refractivity contribution in [2.24, 2.45) is 0 Å². The molecule has 0 radical (unpaired) electrons. The van der Waals surface area contributed by atoms with Crippen LogP contribution in [0.1, 0.15) is 15.9 Å². The van der Waals surface area contributed by atoms with E-state index in [9.17, 15) is 14.9 Å². The molecule has 0 atom stereocenters. The number of nitro groups is 1. The Labute approximate surface area is 133 Å². The van der Waals surface area contributed by atoms with Crippen LogP contribution < -0.4 is 0 Å². The summed E-state index contributed by atoms with van der Waals surface area (Å²) in [5, 5.41) is 19.9. The fourth-order valence-electron chi connectivity index (χ4n) is 1.74. The van der Waals surface area contributed by atoms with Gasteiger partial charge in [-0.2, -0.15) is 0 Å². The van der Waals surface area contributed by atoms with E-state index in [0.717, 1.165) is 9.79 Å². The van der Waals surface area contributed by atoms with Gasteiger partial charge in [0.2, 0.25) is 0 Å². The molecule has 108 valence electrons. The zero-order chi connectivity index (χ0) is 15.6. The number of rotatable bonds is 4. The number of nitro benzene ring substituents is 1. The predicted octanol–water partition coefficient (Wildman–Crippen LogP) is 4.52. The lowest BCUT2D eigenvalue weighted by Crippen LogP contribution is -1.95. The standard InChI is InChI=1S/C14H10BrNO4S/c1-8-5-13(11(15)7-12(8)16(19)20)21-10-4-2-3-9(6-10)14(17)18/h2-7H,1H3,(H,17,18). The number of benzene rings is 2. The van der Waals surface area contributed by atoms with Crippen molar-refractivity contribution < 1.29 is 14.8 Å². The first-order valence-electron chi connectivity index (χ1n) is 5.84. The molecule has 0 unspecified atom stereocenters. The van der Waals surface area contributed by atoms with Gasteiger partial charge in [-0.1, -0.05) is 17.8 Å². The van der Waals surface area contributed by atoms with Gasteiger partial charge in [-0.05, 0) is 47.1 Å². The highest BCUT2D eigenvalue weighted by molar-refractivity contribution is 9.10. The van der Waals surface area contributed by atoms with Crippen LogP contribution >= 0.6 is 27.7 Å². The first-order chi connectivity index (χ1) is 9.88. The van der Waals surface area contributed by atoms with Crippen LogP contribution in [0, 0.1) is 17.0 Å². The maximum Gasteiger partial charge on any atom is 0.335 e. The second kappa shape index (κ2) is 6.28. The van der Waals surface area contributed by atoms with Crippen LogP contribution in [0.4, 0.5) is 5.69 Å². The smallest absolute Gasteiger partial charge is 0.335 e. The average Bonchev–Trinajstić information content (AvgIpc) is 2.42. The minimum Gasteiger partial charge on any atom is -0.478 e. The maximum atomic E-state index is 11.0. The molecule has 1 N–H and O–H groups in total. The van der Waals surface area contributed by atoms with Crippen molar-refractivity contribution >= 4 is 39.3 Å². The van der Waals surface area contributed by atoms with Crippen LogP contribution in [0.3, 0.4) is 0 Å². The van der Waals surface area contributed by atoms with Gasteiger partial charge in [-0.15, -0.1) is 0 Å². The highest BCUT2D eigenvalue weighted by Gasteiger charge is 2.15. The average molecular weight is 368 g/mol. The van der Waals surface area contributed by atoms with Gasteiger partial charge in [-0.3, -0.25) is 10.1 Å². The number of hydrogen-bond acceptors (Lipinski definition) is 4. The number of carbonyl (C=O) groups is 1. The van der Waals surface area contributed by atoms with E-state index in [1.165, 1.54) is 23.9 Å². The van der Waals surface area contributed by atoms with Crippen LogP contribution in [0.2, 0.25) is 0 Å². The van der Waals surface area contributed by atoms with Crippen molar-refractivity contribution in [1.29, 1.82) is 0 Å². The van der Waals surface area contributed by atoms with E-state index in [2.05, 4.69) is 15.9 Å². The molecule has 0 spiro atoms. The number of aromatic carboxylic acids is 1. The molecule has 0 aromatic heterocycles. The molecule has 0 bridgehead atoms. The largest absolute Gasteiger partial charge is 0.478 e. The van der Waals surface area contributed by atoms with E-state index in [4.69, 9.17) is 5.11 Å². The van der Waals surface area contributed by atoms with Gasteiger partial charge in [0.05, 0.1) is 10.5 Å². The highest BCUT2D eigenvalue weighted by atomic mass is 79.9.